The van der Waals surface area contributed by atoms with Gasteiger partial charge in [-0.15, -0.1) is 0 Å². The molecule has 1 fully saturated rings. The number of halogens is 3. The third kappa shape index (κ3) is 18.1. The molecule has 0 radical (unpaired) electrons. The smallest absolute Gasteiger partial charge is 0.418 e. The second-order valence-electron chi connectivity index (χ2n) is 12.4. The van der Waals surface area contributed by atoms with Crippen LogP contribution in [-0.2, 0) is 29.5 Å². The van der Waals surface area contributed by atoms with Crippen molar-refractivity contribution < 1.29 is 61.0 Å². The fourth-order valence-electron chi connectivity index (χ4n) is 5.08. The van der Waals surface area contributed by atoms with Crippen LogP contribution in [0.3, 0.4) is 0 Å². The summed E-state index contributed by atoms with van der Waals surface area (Å²) in [4.78, 5) is 72.9. The Balaban J connectivity index is 2.30. The van der Waals surface area contributed by atoms with Crippen LogP contribution in [0.15, 0.2) is 18.2 Å². The molecule has 1 aliphatic heterocycles. The molecule has 0 aliphatic carbocycles. The van der Waals surface area contributed by atoms with E-state index in [4.69, 9.17) is 5.11 Å². The summed E-state index contributed by atoms with van der Waals surface area (Å²) >= 11 is 0. The standard InChI is InChI=1S/C27H46F3N6O10P3/c1-47(41,42)18-34-10-8-33(9-11-35(19-48(2,43)44)13-15-36(14-12-34)20-49(3,45)46)17-24(37)32-23-5-4-21(16-22(23)27(28,29)30)26(40)31-7-6-25(38)39/h4-5,16H,6-15,17-20H2,1-3H3,(H,31,40)(H,32,37)(H,38,39)(H,41,42)(H,43,44)(H,45,46). The number of amides is 2. The van der Waals surface area contributed by atoms with E-state index in [1.165, 1.54) is 20.0 Å². The molecule has 22 heteroatoms. The molecule has 2 amide bonds. The molecule has 0 saturated carbocycles. The molecule has 2 rings (SSSR count). The summed E-state index contributed by atoms with van der Waals surface area (Å²) < 4.78 is 78.8. The Kier molecular flexibility index (Phi) is 16.1. The van der Waals surface area contributed by atoms with Gasteiger partial charge in [0.2, 0.25) is 28.0 Å². The molecular formula is C27H46F3N6O10P3. The monoisotopic (exact) mass is 764 g/mol. The predicted octanol–water partition coefficient (Wildman–Crippen LogP) is 1.64. The normalized spacial score (nSPS) is 20.5. The van der Waals surface area contributed by atoms with E-state index in [1.54, 1.807) is 19.6 Å². The molecule has 280 valence electrons. The Labute approximate surface area is 283 Å². The highest BCUT2D eigenvalue weighted by molar-refractivity contribution is 7.57. The molecule has 49 heavy (non-hydrogen) atoms. The van der Waals surface area contributed by atoms with Gasteiger partial charge in [0, 0.05) is 84.5 Å². The van der Waals surface area contributed by atoms with Gasteiger partial charge in [0.15, 0.2) is 0 Å². The van der Waals surface area contributed by atoms with Gasteiger partial charge in [0.1, 0.15) is 0 Å². The van der Waals surface area contributed by atoms with Crippen molar-refractivity contribution in [3.05, 3.63) is 29.3 Å². The number of carboxylic acids is 1. The van der Waals surface area contributed by atoms with E-state index >= 15 is 0 Å². The van der Waals surface area contributed by atoms with Crippen LogP contribution >= 0.6 is 22.1 Å². The topological polar surface area (TPSA) is 220 Å². The van der Waals surface area contributed by atoms with Crippen molar-refractivity contribution in [2.75, 3.05) is 110 Å². The first kappa shape index (κ1) is 43.0. The number of aliphatic carboxylic acids is 1. The molecule has 1 aromatic rings. The lowest BCUT2D eigenvalue weighted by molar-refractivity contribution is -0.137. The number of hydrogen-bond donors (Lipinski definition) is 6. The number of anilines is 1. The zero-order valence-corrected chi connectivity index (χ0v) is 30.3. The van der Waals surface area contributed by atoms with Crippen LogP contribution in [0, 0.1) is 0 Å². The molecule has 0 spiro atoms. The zero-order chi connectivity index (χ0) is 37.2. The molecule has 1 aromatic carbocycles. The van der Waals surface area contributed by atoms with Crippen LogP contribution in [0.5, 0.6) is 0 Å². The lowest BCUT2D eigenvalue weighted by atomic mass is 10.1. The summed E-state index contributed by atoms with van der Waals surface area (Å²) in [5.41, 5.74) is -2.31. The number of nitrogens with one attached hydrogen (secondary N) is 2. The minimum Gasteiger partial charge on any atom is -0.481 e. The summed E-state index contributed by atoms with van der Waals surface area (Å²) in [5.74, 6) is -2.97. The second kappa shape index (κ2) is 18.4. The Hall–Kier alpha value is -2.17. The number of benzene rings is 1. The van der Waals surface area contributed by atoms with Gasteiger partial charge in [-0.1, -0.05) is 0 Å². The van der Waals surface area contributed by atoms with Gasteiger partial charge in [-0.3, -0.25) is 47.7 Å². The van der Waals surface area contributed by atoms with Gasteiger partial charge in [-0.05, 0) is 18.2 Å². The van der Waals surface area contributed by atoms with Crippen LogP contribution < -0.4 is 10.6 Å². The van der Waals surface area contributed by atoms with Crippen molar-refractivity contribution in [3.63, 3.8) is 0 Å². The minimum absolute atomic E-state index is 0.109. The maximum absolute atomic E-state index is 14.0. The maximum Gasteiger partial charge on any atom is 0.418 e. The van der Waals surface area contributed by atoms with E-state index in [-0.39, 0.29) is 77.8 Å². The van der Waals surface area contributed by atoms with Gasteiger partial charge in [0.05, 0.1) is 43.1 Å². The molecule has 1 heterocycles. The first-order chi connectivity index (χ1) is 22.4. The second-order valence-corrected chi connectivity index (χ2v) is 19.6. The Morgan fingerprint density at radius 2 is 1.16 bits per heavy atom. The summed E-state index contributed by atoms with van der Waals surface area (Å²) in [6.45, 7) is 4.22. The van der Waals surface area contributed by atoms with Crippen molar-refractivity contribution in [2.24, 2.45) is 0 Å². The largest absolute Gasteiger partial charge is 0.481 e. The predicted molar refractivity (Wildman–Crippen MR) is 178 cm³/mol. The Bertz CT molecular complexity index is 1410. The van der Waals surface area contributed by atoms with Crippen molar-refractivity contribution in [3.8, 4) is 0 Å². The van der Waals surface area contributed by atoms with E-state index in [0.717, 1.165) is 12.1 Å². The van der Waals surface area contributed by atoms with Crippen LogP contribution in [0.2, 0.25) is 0 Å². The molecule has 3 atom stereocenters. The summed E-state index contributed by atoms with van der Waals surface area (Å²) in [6.07, 6.45) is -6.00. The number of carbonyl (C=O) groups excluding carboxylic acids is 2. The SMILES string of the molecule is CP(=O)(O)CN1CCN(CC(=O)Nc2ccc(C(=O)NCCC(=O)O)cc2C(F)(F)F)CCN(CP(C)(=O)O)CCN(CP(C)(=O)O)CC1. The molecule has 3 unspecified atom stereocenters. The summed E-state index contributed by atoms with van der Waals surface area (Å²) in [7, 11) is -10.6. The zero-order valence-electron chi connectivity index (χ0n) is 27.6. The highest BCUT2D eigenvalue weighted by Gasteiger charge is 2.35. The van der Waals surface area contributed by atoms with Gasteiger partial charge in [0.25, 0.3) is 5.91 Å². The van der Waals surface area contributed by atoms with Gasteiger partial charge in [-0.2, -0.15) is 13.2 Å². The number of alkyl halides is 3. The average molecular weight is 765 g/mol. The third-order valence-electron chi connectivity index (χ3n) is 7.17. The van der Waals surface area contributed by atoms with Crippen LogP contribution in [-0.4, -0.2) is 161 Å². The molecule has 0 bridgehead atoms. The van der Waals surface area contributed by atoms with E-state index in [2.05, 4.69) is 10.6 Å². The van der Waals surface area contributed by atoms with Crippen LogP contribution in [0.1, 0.15) is 22.3 Å². The highest BCUT2D eigenvalue weighted by Crippen LogP contribution is 2.38. The van der Waals surface area contributed by atoms with Crippen molar-refractivity contribution >= 4 is 45.6 Å². The molecule has 6 N–H and O–H groups in total. The average Bonchev–Trinajstić information content (AvgIpc) is 2.91. The molecular weight excluding hydrogens is 718 g/mol. The van der Waals surface area contributed by atoms with Crippen LogP contribution in [0.4, 0.5) is 18.9 Å². The quantitative estimate of drug-likeness (QED) is 0.157. The first-order valence-electron chi connectivity index (χ1n) is 15.2. The number of rotatable bonds is 13. The summed E-state index contributed by atoms with van der Waals surface area (Å²) in [5, 5.41) is 13.2. The maximum atomic E-state index is 14.0. The van der Waals surface area contributed by atoms with Gasteiger partial charge in [-0.25, -0.2) is 0 Å². The van der Waals surface area contributed by atoms with E-state index < -0.39 is 75.8 Å². The van der Waals surface area contributed by atoms with Crippen LogP contribution in [0.25, 0.3) is 0 Å². The minimum atomic E-state index is -4.97. The summed E-state index contributed by atoms with van der Waals surface area (Å²) in [6, 6.07) is 2.52. The third-order valence-corrected chi connectivity index (χ3v) is 9.94. The lowest BCUT2D eigenvalue weighted by Gasteiger charge is -2.34. The molecule has 1 aliphatic rings. The van der Waals surface area contributed by atoms with E-state index in [9.17, 15) is 55.9 Å². The Morgan fingerprint density at radius 1 is 0.755 bits per heavy atom. The van der Waals surface area contributed by atoms with Crippen molar-refractivity contribution in [1.82, 2.24) is 24.9 Å². The highest BCUT2D eigenvalue weighted by atomic mass is 31.2. The number of hydrogen-bond acceptors (Lipinski definition) is 10. The first-order valence-corrected chi connectivity index (χ1v) is 22.1. The van der Waals surface area contributed by atoms with Gasteiger partial charge < -0.3 is 30.4 Å². The molecule has 1 saturated heterocycles. The van der Waals surface area contributed by atoms with Crippen molar-refractivity contribution in [2.45, 2.75) is 12.6 Å². The van der Waals surface area contributed by atoms with E-state index in [0.29, 0.717) is 6.07 Å². The van der Waals surface area contributed by atoms with Crippen molar-refractivity contribution in [1.29, 1.82) is 0 Å². The number of carboxylic acid groups (broad SMARTS) is 1. The molecule has 16 nitrogen and oxygen atoms in total. The fourth-order valence-corrected chi connectivity index (χ4v) is 8.16. The Morgan fingerprint density at radius 3 is 1.53 bits per heavy atom. The van der Waals surface area contributed by atoms with Gasteiger partial charge >= 0.3 is 12.1 Å². The molecule has 0 aromatic heterocycles. The lowest BCUT2D eigenvalue weighted by Crippen LogP contribution is -2.47. The fraction of sp³-hybridized carbons (Fsp3) is 0.667. The van der Waals surface area contributed by atoms with E-state index in [1.807, 2.05) is 0 Å². The number of carbonyl (C=O) groups is 3. The number of nitrogens with zero attached hydrogens (tertiary/aromatic N) is 4.